The molecule has 0 amide bonds. The average Bonchev–Trinajstić information content (AvgIpc) is 2.35. The van der Waals surface area contributed by atoms with Crippen LogP contribution < -0.4 is 0 Å². The molecule has 0 saturated carbocycles. The van der Waals surface area contributed by atoms with Crippen molar-refractivity contribution < 1.29 is 0 Å². The van der Waals surface area contributed by atoms with E-state index in [4.69, 9.17) is 11.6 Å². The van der Waals surface area contributed by atoms with E-state index in [2.05, 4.69) is 22.7 Å². The first-order valence-electron chi connectivity index (χ1n) is 3.78. The van der Waals surface area contributed by atoms with Gasteiger partial charge in [-0.05, 0) is 6.92 Å². The molecule has 0 spiro atoms. The number of aromatic nitrogens is 3. The van der Waals surface area contributed by atoms with Crippen LogP contribution in [0.3, 0.4) is 0 Å². The monoisotopic (exact) mass is 213 g/mol. The number of fused-ring (bicyclic) bond motifs is 1. The molecule has 13 heavy (non-hydrogen) atoms. The minimum absolute atomic E-state index is 0.624. The van der Waals surface area contributed by atoms with Crippen LogP contribution in [0, 0.1) is 6.92 Å². The van der Waals surface area contributed by atoms with E-state index in [9.17, 15) is 0 Å². The molecule has 0 N–H and O–H groups in total. The zero-order chi connectivity index (χ0) is 9.59. The largest absolute Gasteiger partial charge is 0.250 e. The summed E-state index contributed by atoms with van der Waals surface area (Å²) in [5.74, 6) is 0. The summed E-state index contributed by atoms with van der Waals surface area (Å²) < 4.78 is 1.71. The maximum Gasteiger partial charge on any atom is 0.159 e. The number of halogens is 1. The second-order valence-electron chi connectivity index (χ2n) is 2.87. The molecule has 0 bridgehead atoms. The van der Waals surface area contributed by atoms with Crippen LogP contribution in [-0.2, 0) is 7.05 Å². The fourth-order valence-corrected chi connectivity index (χ4v) is 1.80. The van der Waals surface area contributed by atoms with E-state index in [1.165, 1.54) is 0 Å². The SMILES string of the molecule is Cc1nn(C)c2ncc(S)c(Cl)c12. The van der Waals surface area contributed by atoms with Crippen molar-refractivity contribution in [1.29, 1.82) is 0 Å². The van der Waals surface area contributed by atoms with Gasteiger partial charge in [0.15, 0.2) is 5.65 Å². The number of thiol groups is 1. The molecule has 2 rings (SSSR count). The highest BCUT2D eigenvalue weighted by atomic mass is 35.5. The third-order valence-corrected chi connectivity index (χ3v) is 2.81. The van der Waals surface area contributed by atoms with Crippen LogP contribution in [-0.4, -0.2) is 14.8 Å². The van der Waals surface area contributed by atoms with Crippen LogP contribution in [0.25, 0.3) is 11.0 Å². The van der Waals surface area contributed by atoms with E-state index in [1.54, 1.807) is 10.9 Å². The van der Waals surface area contributed by atoms with Crippen LogP contribution >= 0.6 is 24.2 Å². The lowest BCUT2D eigenvalue weighted by Gasteiger charge is -1.97. The molecule has 68 valence electrons. The summed E-state index contributed by atoms with van der Waals surface area (Å²) in [6.45, 7) is 1.91. The fourth-order valence-electron chi connectivity index (χ4n) is 1.36. The predicted octanol–water partition coefficient (Wildman–Crippen LogP) is 2.22. The Morgan fingerprint density at radius 2 is 2.23 bits per heavy atom. The Kier molecular flexibility index (Phi) is 1.96. The topological polar surface area (TPSA) is 30.7 Å². The van der Waals surface area contributed by atoms with Gasteiger partial charge in [0.25, 0.3) is 0 Å². The van der Waals surface area contributed by atoms with Crippen LogP contribution in [0.4, 0.5) is 0 Å². The molecule has 0 unspecified atom stereocenters. The summed E-state index contributed by atoms with van der Waals surface area (Å²) in [6.07, 6.45) is 1.63. The molecule has 0 saturated heterocycles. The van der Waals surface area contributed by atoms with Gasteiger partial charge in [-0.1, -0.05) is 11.6 Å². The van der Waals surface area contributed by atoms with Gasteiger partial charge in [0.1, 0.15) is 0 Å². The molecule has 0 aliphatic carbocycles. The smallest absolute Gasteiger partial charge is 0.159 e. The van der Waals surface area contributed by atoms with Crippen molar-refractivity contribution in [3.8, 4) is 0 Å². The van der Waals surface area contributed by atoms with Gasteiger partial charge in [0.05, 0.1) is 16.1 Å². The molecule has 0 fully saturated rings. The highest BCUT2D eigenvalue weighted by Gasteiger charge is 2.11. The number of hydrogen-bond acceptors (Lipinski definition) is 3. The van der Waals surface area contributed by atoms with Gasteiger partial charge in [-0.3, -0.25) is 4.68 Å². The third kappa shape index (κ3) is 1.21. The Hall–Kier alpha value is -0.740. The number of nitrogens with zero attached hydrogens (tertiary/aromatic N) is 3. The molecule has 0 aromatic carbocycles. The third-order valence-electron chi connectivity index (χ3n) is 1.95. The fraction of sp³-hybridized carbons (Fsp3) is 0.250. The lowest BCUT2D eigenvalue weighted by molar-refractivity contribution is 0.773. The predicted molar refractivity (Wildman–Crippen MR) is 55.5 cm³/mol. The first kappa shape index (κ1) is 8.84. The first-order valence-corrected chi connectivity index (χ1v) is 4.60. The molecule has 0 radical (unpaired) electrons. The second-order valence-corrected chi connectivity index (χ2v) is 3.72. The molecular formula is C8H8ClN3S. The Bertz CT molecular complexity index is 478. The lowest BCUT2D eigenvalue weighted by atomic mass is 10.3. The minimum atomic E-state index is 0.624. The highest BCUT2D eigenvalue weighted by Crippen LogP contribution is 2.29. The van der Waals surface area contributed by atoms with E-state index < -0.39 is 0 Å². The number of rotatable bonds is 0. The number of pyridine rings is 1. The normalized spacial score (nSPS) is 11.1. The van der Waals surface area contributed by atoms with Crippen molar-refractivity contribution in [3.05, 3.63) is 16.9 Å². The van der Waals surface area contributed by atoms with Crippen molar-refractivity contribution in [2.45, 2.75) is 11.8 Å². The van der Waals surface area contributed by atoms with Gasteiger partial charge in [-0.2, -0.15) is 5.10 Å². The summed E-state index contributed by atoms with van der Waals surface area (Å²) in [5, 5.41) is 5.74. The first-order chi connectivity index (χ1) is 6.11. The minimum Gasteiger partial charge on any atom is -0.250 e. The zero-order valence-corrected chi connectivity index (χ0v) is 8.89. The van der Waals surface area contributed by atoms with Crippen molar-refractivity contribution >= 4 is 35.3 Å². The molecule has 2 heterocycles. The number of hydrogen-bond donors (Lipinski definition) is 1. The van der Waals surface area contributed by atoms with E-state index in [-0.39, 0.29) is 0 Å². The molecular weight excluding hydrogens is 206 g/mol. The maximum absolute atomic E-state index is 6.07. The van der Waals surface area contributed by atoms with Gasteiger partial charge < -0.3 is 0 Å². The molecule has 0 atom stereocenters. The average molecular weight is 214 g/mol. The van der Waals surface area contributed by atoms with Gasteiger partial charge in [-0.25, -0.2) is 4.98 Å². The lowest BCUT2D eigenvalue weighted by Crippen LogP contribution is -1.91. The summed E-state index contributed by atoms with van der Waals surface area (Å²) >= 11 is 10.3. The van der Waals surface area contributed by atoms with Gasteiger partial charge >= 0.3 is 0 Å². The Morgan fingerprint density at radius 3 is 2.92 bits per heavy atom. The summed E-state index contributed by atoms with van der Waals surface area (Å²) in [7, 11) is 1.84. The van der Waals surface area contributed by atoms with Crippen LogP contribution in [0.2, 0.25) is 5.02 Å². The Labute approximate surface area is 86.1 Å². The van der Waals surface area contributed by atoms with E-state index >= 15 is 0 Å². The molecule has 2 aromatic heterocycles. The maximum atomic E-state index is 6.07. The van der Waals surface area contributed by atoms with Gasteiger partial charge in [-0.15, -0.1) is 12.6 Å². The zero-order valence-electron chi connectivity index (χ0n) is 7.24. The van der Waals surface area contributed by atoms with Crippen molar-refractivity contribution in [2.75, 3.05) is 0 Å². The van der Waals surface area contributed by atoms with E-state index in [0.717, 1.165) is 16.7 Å². The summed E-state index contributed by atoms with van der Waals surface area (Å²) in [4.78, 5) is 4.89. The highest BCUT2D eigenvalue weighted by molar-refractivity contribution is 7.80. The molecule has 0 aliphatic heterocycles. The Morgan fingerprint density at radius 1 is 1.54 bits per heavy atom. The van der Waals surface area contributed by atoms with E-state index in [1.807, 2.05) is 14.0 Å². The standard InChI is InChI=1S/C8H8ClN3S/c1-4-6-7(9)5(13)3-10-8(6)12(2)11-4/h3,13H,1-2H3. The van der Waals surface area contributed by atoms with Crippen molar-refractivity contribution in [3.63, 3.8) is 0 Å². The van der Waals surface area contributed by atoms with Crippen LogP contribution in [0.15, 0.2) is 11.1 Å². The second kappa shape index (κ2) is 2.89. The van der Waals surface area contributed by atoms with Crippen molar-refractivity contribution in [1.82, 2.24) is 14.8 Å². The van der Waals surface area contributed by atoms with Gasteiger partial charge in [0, 0.05) is 18.1 Å². The summed E-state index contributed by atoms with van der Waals surface area (Å²) in [6, 6.07) is 0. The van der Waals surface area contributed by atoms with Crippen LogP contribution in [0.1, 0.15) is 5.69 Å². The molecule has 5 heteroatoms. The molecule has 0 aliphatic rings. The van der Waals surface area contributed by atoms with Crippen molar-refractivity contribution in [2.24, 2.45) is 7.05 Å². The summed E-state index contributed by atoms with van der Waals surface area (Å²) in [5.41, 5.74) is 1.67. The van der Waals surface area contributed by atoms with Gasteiger partial charge in [0.2, 0.25) is 0 Å². The quantitative estimate of drug-likeness (QED) is 0.681. The van der Waals surface area contributed by atoms with E-state index in [0.29, 0.717) is 9.92 Å². The molecule has 2 aromatic rings. The molecule has 3 nitrogen and oxygen atoms in total. The number of aryl methyl sites for hydroxylation is 2. The Balaban J connectivity index is 2.98. The van der Waals surface area contributed by atoms with Crippen LogP contribution in [0.5, 0.6) is 0 Å².